The summed E-state index contributed by atoms with van der Waals surface area (Å²) in [6.45, 7) is 0. The number of rotatable bonds is 2. The van der Waals surface area contributed by atoms with Gasteiger partial charge < -0.3 is 5.73 Å². The Hall–Kier alpha value is -1.16. The van der Waals surface area contributed by atoms with E-state index in [0.717, 1.165) is 10.0 Å². The average molecular weight is 227 g/mol. The molecule has 1 heterocycles. The Morgan fingerprint density at radius 2 is 2.42 bits per heavy atom. The van der Waals surface area contributed by atoms with Crippen LogP contribution in [0.3, 0.4) is 0 Å². The summed E-state index contributed by atoms with van der Waals surface area (Å²) in [6.07, 6.45) is 6.24. The zero-order chi connectivity index (χ0) is 8.97. The molecule has 0 aliphatic carbocycles. The molecule has 0 fully saturated rings. The van der Waals surface area contributed by atoms with Gasteiger partial charge in [-0.25, -0.2) is 0 Å². The first kappa shape index (κ1) is 8.93. The molecule has 0 aliphatic heterocycles. The van der Waals surface area contributed by atoms with Gasteiger partial charge in [-0.3, -0.25) is 9.78 Å². The first-order valence-electron chi connectivity index (χ1n) is 3.27. The highest BCUT2D eigenvalue weighted by atomic mass is 79.9. The van der Waals surface area contributed by atoms with Crippen LogP contribution < -0.4 is 5.73 Å². The maximum absolute atomic E-state index is 10.4. The predicted octanol–water partition coefficient (Wildman–Crippen LogP) is 1.34. The Bertz CT molecular complexity index is 323. The zero-order valence-electron chi connectivity index (χ0n) is 6.20. The fraction of sp³-hybridized carbons (Fsp3) is 0. The van der Waals surface area contributed by atoms with Crippen molar-refractivity contribution in [1.82, 2.24) is 4.98 Å². The molecule has 62 valence electrons. The third-order valence-electron chi connectivity index (χ3n) is 1.23. The molecule has 4 heteroatoms. The number of aromatic nitrogens is 1. The van der Waals surface area contributed by atoms with Crippen LogP contribution in [-0.4, -0.2) is 10.9 Å². The van der Waals surface area contributed by atoms with Gasteiger partial charge in [-0.05, 0) is 33.6 Å². The highest BCUT2D eigenvalue weighted by Crippen LogP contribution is 2.15. The van der Waals surface area contributed by atoms with E-state index in [4.69, 9.17) is 5.73 Å². The van der Waals surface area contributed by atoms with E-state index in [0.29, 0.717) is 0 Å². The third-order valence-corrected chi connectivity index (χ3v) is 1.89. The summed E-state index contributed by atoms with van der Waals surface area (Å²) < 4.78 is 0.836. The minimum Gasteiger partial charge on any atom is -0.366 e. The Morgan fingerprint density at radius 3 is 3.00 bits per heavy atom. The maximum Gasteiger partial charge on any atom is 0.241 e. The Kier molecular flexibility index (Phi) is 2.99. The molecule has 0 bridgehead atoms. The molecule has 1 aromatic heterocycles. The molecule has 0 atom stereocenters. The first-order valence-corrected chi connectivity index (χ1v) is 4.06. The van der Waals surface area contributed by atoms with Crippen molar-refractivity contribution in [3.63, 3.8) is 0 Å². The summed E-state index contributed by atoms with van der Waals surface area (Å²) in [4.78, 5) is 14.3. The quantitative estimate of drug-likeness (QED) is 0.775. The van der Waals surface area contributed by atoms with Gasteiger partial charge in [-0.2, -0.15) is 0 Å². The van der Waals surface area contributed by atoms with Crippen LogP contribution in [0, 0.1) is 0 Å². The van der Waals surface area contributed by atoms with E-state index in [1.165, 1.54) is 6.08 Å². The van der Waals surface area contributed by atoms with Gasteiger partial charge in [0.1, 0.15) is 0 Å². The summed E-state index contributed by atoms with van der Waals surface area (Å²) in [5, 5.41) is 0. The molecule has 0 saturated heterocycles. The number of hydrogen-bond donors (Lipinski definition) is 1. The maximum atomic E-state index is 10.4. The van der Waals surface area contributed by atoms with Crippen molar-refractivity contribution in [2.45, 2.75) is 0 Å². The highest BCUT2D eigenvalue weighted by molar-refractivity contribution is 9.10. The number of nitrogens with zero attached hydrogens (tertiary/aromatic N) is 1. The van der Waals surface area contributed by atoms with E-state index < -0.39 is 5.91 Å². The summed E-state index contributed by atoms with van der Waals surface area (Å²) in [7, 11) is 0. The molecule has 3 nitrogen and oxygen atoms in total. The van der Waals surface area contributed by atoms with Crippen LogP contribution in [0.2, 0.25) is 0 Å². The van der Waals surface area contributed by atoms with Gasteiger partial charge in [0.15, 0.2) is 0 Å². The SMILES string of the molecule is NC(=O)/C=C/c1ccncc1Br. The molecule has 12 heavy (non-hydrogen) atoms. The second-order valence-corrected chi connectivity index (χ2v) is 2.99. The molecular weight excluding hydrogens is 220 g/mol. The van der Waals surface area contributed by atoms with E-state index in [1.54, 1.807) is 24.5 Å². The van der Waals surface area contributed by atoms with Gasteiger partial charge in [0, 0.05) is 22.9 Å². The number of amides is 1. The van der Waals surface area contributed by atoms with Gasteiger partial charge in [0.25, 0.3) is 0 Å². The predicted molar refractivity (Wildman–Crippen MR) is 50.2 cm³/mol. The molecule has 1 amide bonds. The molecule has 0 unspecified atom stereocenters. The monoisotopic (exact) mass is 226 g/mol. The molecular formula is C8H7BrN2O. The number of hydrogen-bond acceptors (Lipinski definition) is 2. The van der Waals surface area contributed by atoms with Crippen molar-refractivity contribution in [1.29, 1.82) is 0 Å². The molecule has 0 saturated carbocycles. The summed E-state index contributed by atoms with van der Waals surface area (Å²) in [5.74, 6) is -0.460. The van der Waals surface area contributed by atoms with Crippen molar-refractivity contribution in [3.8, 4) is 0 Å². The van der Waals surface area contributed by atoms with E-state index in [9.17, 15) is 4.79 Å². The van der Waals surface area contributed by atoms with E-state index in [1.807, 2.05) is 0 Å². The fourth-order valence-corrected chi connectivity index (χ4v) is 1.08. The Labute approximate surface area is 78.4 Å². The Balaban J connectivity index is 2.89. The number of halogens is 1. The van der Waals surface area contributed by atoms with Crippen LogP contribution in [0.25, 0.3) is 6.08 Å². The molecule has 2 N–H and O–H groups in total. The van der Waals surface area contributed by atoms with Gasteiger partial charge in [0.2, 0.25) is 5.91 Å². The number of carbonyl (C=O) groups is 1. The number of primary amides is 1. The van der Waals surface area contributed by atoms with Gasteiger partial charge in [-0.1, -0.05) is 0 Å². The van der Waals surface area contributed by atoms with Gasteiger partial charge in [0.05, 0.1) is 0 Å². The summed E-state index contributed by atoms with van der Waals surface area (Å²) in [6, 6.07) is 1.78. The van der Waals surface area contributed by atoms with Crippen LogP contribution in [-0.2, 0) is 4.79 Å². The zero-order valence-corrected chi connectivity index (χ0v) is 7.78. The van der Waals surface area contributed by atoms with Crippen LogP contribution in [0.4, 0.5) is 0 Å². The van der Waals surface area contributed by atoms with Crippen LogP contribution in [0.1, 0.15) is 5.56 Å². The standard InChI is InChI=1S/C8H7BrN2O/c9-7-5-11-4-3-6(7)1-2-8(10)12/h1-5H,(H2,10,12)/b2-1+. The highest BCUT2D eigenvalue weighted by Gasteiger charge is 1.93. The normalized spacial score (nSPS) is 10.4. The van der Waals surface area contributed by atoms with Gasteiger partial charge in [-0.15, -0.1) is 0 Å². The lowest BCUT2D eigenvalue weighted by Crippen LogP contribution is -2.05. The number of pyridine rings is 1. The second kappa shape index (κ2) is 4.01. The van der Waals surface area contributed by atoms with Crippen LogP contribution >= 0.6 is 15.9 Å². The molecule has 0 aliphatic rings. The Morgan fingerprint density at radius 1 is 1.67 bits per heavy atom. The topological polar surface area (TPSA) is 56.0 Å². The average Bonchev–Trinajstić information content (AvgIpc) is 2.03. The van der Waals surface area contributed by atoms with Crippen molar-refractivity contribution in [3.05, 3.63) is 34.6 Å². The van der Waals surface area contributed by atoms with Crippen molar-refractivity contribution < 1.29 is 4.79 Å². The summed E-state index contributed by atoms with van der Waals surface area (Å²) >= 11 is 3.28. The minimum atomic E-state index is -0.460. The smallest absolute Gasteiger partial charge is 0.241 e. The van der Waals surface area contributed by atoms with Crippen LogP contribution in [0.15, 0.2) is 29.0 Å². The fourth-order valence-electron chi connectivity index (χ4n) is 0.693. The largest absolute Gasteiger partial charge is 0.366 e. The van der Waals surface area contributed by atoms with Gasteiger partial charge >= 0.3 is 0 Å². The molecule has 0 spiro atoms. The lowest BCUT2D eigenvalue weighted by molar-refractivity contribution is -0.113. The first-order chi connectivity index (χ1) is 5.70. The summed E-state index contributed by atoms with van der Waals surface area (Å²) in [5.41, 5.74) is 5.81. The lowest BCUT2D eigenvalue weighted by Gasteiger charge is -1.94. The molecule has 1 aromatic rings. The molecule has 0 radical (unpaired) electrons. The lowest BCUT2D eigenvalue weighted by atomic mass is 10.2. The minimum absolute atomic E-state index is 0.460. The van der Waals surface area contributed by atoms with Crippen molar-refractivity contribution >= 4 is 27.9 Å². The second-order valence-electron chi connectivity index (χ2n) is 2.13. The van der Waals surface area contributed by atoms with E-state index >= 15 is 0 Å². The third kappa shape index (κ3) is 2.47. The number of carbonyl (C=O) groups excluding carboxylic acids is 1. The van der Waals surface area contributed by atoms with Crippen LogP contribution in [0.5, 0.6) is 0 Å². The van der Waals surface area contributed by atoms with E-state index in [-0.39, 0.29) is 0 Å². The van der Waals surface area contributed by atoms with Crippen molar-refractivity contribution in [2.75, 3.05) is 0 Å². The molecule has 0 aromatic carbocycles. The van der Waals surface area contributed by atoms with Crippen molar-refractivity contribution in [2.24, 2.45) is 5.73 Å². The van der Waals surface area contributed by atoms with E-state index in [2.05, 4.69) is 20.9 Å². The molecule has 1 rings (SSSR count). The number of nitrogens with two attached hydrogens (primary N) is 1.